The first-order valence-corrected chi connectivity index (χ1v) is 10.8. The van der Waals surface area contributed by atoms with Crippen LogP contribution in [0.25, 0.3) is 11.4 Å². The first-order valence-electron chi connectivity index (χ1n) is 10.8. The van der Waals surface area contributed by atoms with Crippen molar-refractivity contribution in [3.05, 3.63) is 53.8 Å². The molecule has 0 spiro atoms. The highest BCUT2D eigenvalue weighted by molar-refractivity contribution is 5.74. The van der Waals surface area contributed by atoms with Crippen LogP contribution in [0.3, 0.4) is 0 Å². The molecule has 2 aromatic carbocycles. The van der Waals surface area contributed by atoms with Crippen molar-refractivity contribution in [1.82, 2.24) is 30.8 Å². The van der Waals surface area contributed by atoms with Crippen molar-refractivity contribution in [3.8, 4) is 17.1 Å². The van der Waals surface area contributed by atoms with E-state index in [9.17, 15) is 9.18 Å². The van der Waals surface area contributed by atoms with Gasteiger partial charge in [-0.15, -0.1) is 10.2 Å². The molecule has 33 heavy (non-hydrogen) atoms. The van der Waals surface area contributed by atoms with Crippen LogP contribution < -0.4 is 15.0 Å². The quantitative estimate of drug-likeness (QED) is 0.595. The summed E-state index contributed by atoms with van der Waals surface area (Å²) in [6, 6.07) is 12.1. The second kappa shape index (κ2) is 9.43. The maximum atomic E-state index is 13.7. The number of carbonyl (C=O) groups is 1. The first-order chi connectivity index (χ1) is 15.9. The number of H-pyrrole nitrogens is 1. The van der Waals surface area contributed by atoms with E-state index in [1.54, 1.807) is 33.3 Å². The van der Waals surface area contributed by atoms with Gasteiger partial charge < -0.3 is 19.9 Å². The molecule has 0 unspecified atom stereocenters. The monoisotopic (exact) mass is 453 g/mol. The van der Waals surface area contributed by atoms with Crippen LogP contribution in [-0.4, -0.2) is 71.9 Å². The molecule has 1 aliphatic carbocycles. The third-order valence-corrected chi connectivity index (χ3v) is 6.25. The van der Waals surface area contributed by atoms with Gasteiger partial charge in [0.25, 0.3) is 0 Å². The van der Waals surface area contributed by atoms with Gasteiger partial charge in [-0.2, -0.15) is 5.21 Å². The summed E-state index contributed by atoms with van der Waals surface area (Å²) >= 11 is 0. The number of urea groups is 1. The molecule has 2 N–H and O–H groups in total. The van der Waals surface area contributed by atoms with E-state index in [1.807, 2.05) is 25.2 Å². The smallest absolute Gasteiger partial charge is 0.317 e. The van der Waals surface area contributed by atoms with Crippen molar-refractivity contribution in [2.45, 2.75) is 30.8 Å². The van der Waals surface area contributed by atoms with Crippen LogP contribution in [0, 0.1) is 5.82 Å². The zero-order valence-corrected chi connectivity index (χ0v) is 19.1. The molecule has 10 heteroatoms. The van der Waals surface area contributed by atoms with Gasteiger partial charge >= 0.3 is 6.03 Å². The average Bonchev–Trinajstić information content (AvgIpc) is 3.49. The second-order valence-corrected chi connectivity index (χ2v) is 8.41. The minimum absolute atomic E-state index is 0.0392. The van der Waals surface area contributed by atoms with E-state index in [0.717, 1.165) is 29.7 Å². The summed E-state index contributed by atoms with van der Waals surface area (Å²) in [7, 11) is 7.08. The molecule has 1 aliphatic rings. The summed E-state index contributed by atoms with van der Waals surface area (Å²) in [6.07, 6.45) is 1.63. The third kappa shape index (κ3) is 4.59. The Morgan fingerprint density at radius 1 is 1.15 bits per heavy atom. The number of hydrogen-bond acceptors (Lipinski definition) is 6. The Morgan fingerprint density at radius 2 is 1.91 bits per heavy atom. The summed E-state index contributed by atoms with van der Waals surface area (Å²) < 4.78 is 19.3. The van der Waals surface area contributed by atoms with Gasteiger partial charge in [0.15, 0.2) is 0 Å². The van der Waals surface area contributed by atoms with Gasteiger partial charge in [-0.3, -0.25) is 0 Å². The van der Waals surface area contributed by atoms with Gasteiger partial charge in [0.1, 0.15) is 11.6 Å². The lowest BCUT2D eigenvalue weighted by atomic mass is 9.90. The van der Waals surface area contributed by atoms with Gasteiger partial charge in [0.2, 0.25) is 5.82 Å². The van der Waals surface area contributed by atoms with Gasteiger partial charge in [0.05, 0.1) is 12.8 Å². The van der Waals surface area contributed by atoms with Gasteiger partial charge in [-0.1, -0.05) is 12.1 Å². The number of halogens is 1. The van der Waals surface area contributed by atoms with Crippen LogP contribution in [0.1, 0.15) is 24.3 Å². The summed E-state index contributed by atoms with van der Waals surface area (Å²) in [6.45, 7) is 0. The molecule has 174 valence electrons. The lowest BCUT2D eigenvalue weighted by Gasteiger charge is -2.35. The van der Waals surface area contributed by atoms with E-state index in [2.05, 4.69) is 30.8 Å². The molecule has 0 saturated heterocycles. The number of carbonyl (C=O) groups excluding carboxylic acids is 1. The minimum atomic E-state index is -0.287. The molecule has 1 heterocycles. The first kappa shape index (κ1) is 22.5. The topological polar surface area (TPSA) is 99.3 Å². The summed E-state index contributed by atoms with van der Waals surface area (Å²) in [5.41, 5.74) is 2.65. The zero-order chi connectivity index (χ0) is 23.5. The number of aromatic nitrogens is 4. The highest BCUT2D eigenvalue weighted by Gasteiger charge is 2.41. The van der Waals surface area contributed by atoms with Gasteiger partial charge in [-0.25, -0.2) is 9.18 Å². The Balaban J connectivity index is 1.70. The Kier molecular flexibility index (Phi) is 6.43. The van der Waals surface area contributed by atoms with E-state index in [0.29, 0.717) is 11.6 Å². The van der Waals surface area contributed by atoms with Gasteiger partial charge in [-0.05, 0) is 54.0 Å². The molecule has 2 amide bonds. The summed E-state index contributed by atoms with van der Waals surface area (Å²) in [4.78, 5) is 16.1. The maximum Gasteiger partial charge on any atom is 0.317 e. The number of hydrogen-bond donors (Lipinski definition) is 2. The van der Waals surface area contributed by atoms with Crippen LogP contribution in [0.4, 0.5) is 14.9 Å². The molecule has 0 aliphatic heterocycles. The lowest BCUT2D eigenvalue weighted by molar-refractivity contribution is 0.212. The van der Waals surface area contributed by atoms with Crippen LogP contribution in [-0.2, 0) is 0 Å². The number of likely N-dealkylation sites (N-methyl/N-ethyl adjacent to an activating group) is 1. The van der Waals surface area contributed by atoms with E-state index in [4.69, 9.17) is 4.74 Å². The van der Waals surface area contributed by atoms with E-state index < -0.39 is 0 Å². The number of benzene rings is 2. The third-order valence-electron chi connectivity index (χ3n) is 6.25. The highest BCUT2D eigenvalue weighted by Crippen LogP contribution is 2.42. The molecular formula is C23H28FN7O2. The molecule has 1 aromatic heterocycles. The highest BCUT2D eigenvalue weighted by atomic mass is 19.1. The molecule has 3 aromatic rings. The van der Waals surface area contributed by atoms with E-state index in [1.165, 1.54) is 17.0 Å². The number of ether oxygens (including phenoxy) is 1. The number of aromatic amines is 1. The Bertz CT molecular complexity index is 1090. The van der Waals surface area contributed by atoms with Crippen molar-refractivity contribution in [2.75, 3.05) is 33.2 Å². The number of nitrogens with one attached hydrogen (secondary N) is 2. The molecule has 3 atom stereocenters. The molecule has 0 bridgehead atoms. The Morgan fingerprint density at radius 3 is 2.55 bits per heavy atom. The molecule has 4 rings (SSSR count). The fourth-order valence-electron chi connectivity index (χ4n) is 4.57. The number of amides is 2. The standard InChI is InChI=1S/C23H28FN7O2/c1-30(2)23(32)25-17-10-11-18(21(17)14-5-8-16(24)9-6-14)31(3)19-13-15(7-12-20(19)33-4)22-26-28-29-27-22/h5-9,12-13,17-18,21H,10-11H2,1-4H3,(H,25,32)(H,26,27,28,29)/t17-,18-,21-/m0/s1. The van der Waals surface area contributed by atoms with Crippen LogP contribution in [0.2, 0.25) is 0 Å². The molecule has 1 saturated carbocycles. The molecule has 0 radical (unpaired) electrons. The molecular weight excluding hydrogens is 425 g/mol. The predicted octanol–water partition coefficient (Wildman–Crippen LogP) is 3.04. The second-order valence-electron chi connectivity index (χ2n) is 8.41. The average molecular weight is 454 g/mol. The summed E-state index contributed by atoms with van der Waals surface area (Å²) in [5.74, 6) is 0.872. The van der Waals surface area contributed by atoms with Crippen molar-refractivity contribution in [1.29, 1.82) is 0 Å². The Hall–Kier alpha value is -3.69. The van der Waals surface area contributed by atoms with E-state index in [-0.39, 0.29) is 29.8 Å². The SMILES string of the molecule is COc1ccc(-c2nn[nH]n2)cc1N(C)[C@H]1CC[C@H](NC(=O)N(C)C)[C@@H]1c1ccc(F)cc1. The molecule has 1 fully saturated rings. The predicted molar refractivity (Wildman–Crippen MR) is 123 cm³/mol. The minimum Gasteiger partial charge on any atom is -0.495 e. The number of rotatable bonds is 6. The number of nitrogens with zero attached hydrogens (tertiary/aromatic N) is 5. The van der Waals surface area contributed by atoms with Crippen LogP contribution in [0.5, 0.6) is 5.75 Å². The van der Waals surface area contributed by atoms with Crippen molar-refractivity contribution in [3.63, 3.8) is 0 Å². The van der Waals surface area contributed by atoms with Crippen LogP contribution >= 0.6 is 0 Å². The number of tetrazole rings is 1. The van der Waals surface area contributed by atoms with Gasteiger partial charge in [0, 0.05) is 44.7 Å². The largest absolute Gasteiger partial charge is 0.495 e. The number of anilines is 1. The van der Waals surface area contributed by atoms with E-state index >= 15 is 0 Å². The zero-order valence-electron chi connectivity index (χ0n) is 19.1. The van der Waals surface area contributed by atoms with Crippen LogP contribution in [0.15, 0.2) is 42.5 Å². The van der Waals surface area contributed by atoms with Crippen molar-refractivity contribution >= 4 is 11.7 Å². The Labute approximate surface area is 191 Å². The number of methoxy groups -OCH3 is 1. The normalized spacial score (nSPS) is 19.8. The fraction of sp³-hybridized carbons (Fsp3) is 0.391. The molecule has 9 nitrogen and oxygen atoms in total. The fourth-order valence-corrected chi connectivity index (χ4v) is 4.57. The summed E-state index contributed by atoms with van der Waals surface area (Å²) in [5, 5.41) is 17.4. The van der Waals surface area contributed by atoms with Crippen molar-refractivity contribution < 1.29 is 13.9 Å². The lowest BCUT2D eigenvalue weighted by Crippen LogP contribution is -2.45. The van der Waals surface area contributed by atoms with Crippen molar-refractivity contribution in [2.24, 2.45) is 0 Å². The maximum absolute atomic E-state index is 13.7.